The summed E-state index contributed by atoms with van der Waals surface area (Å²) in [6.07, 6.45) is 0. The van der Waals surface area contributed by atoms with Crippen molar-refractivity contribution in [1.82, 2.24) is 0 Å². The van der Waals surface area contributed by atoms with Gasteiger partial charge in [0.15, 0.2) is 0 Å². The Hall–Kier alpha value is -2.39. The number of carbonyl (C=O) groups is 1. The standard InChI is InChI=1S/C19H17NOS/c1-13-8-10-14(11-9-13)16-12-17(22-19(16)20-2)18(21)15-6-4-3-5-7-15/h3-12,20H,1-2H3. The predicted octanol–water partition coefficient (Wildman–Crippen LogP) is 5.00. The molecule has 0 saturated heterocycles. The van der Waals surface area contributed by atoms with Gasteiger partial charge in [-0.3, -0.25) is 4.79 Å². The Morgan fingerprint density at radius 2 is 1.68 bits per heavy atom. The number of anilines is 1. The summed E-state index contributed by atoms with van der Waals surface area (Å²) >= 11 is 1.50. The van der Waals surface area contributed by atoms with Crippen LogP contribution in [0.1, 0.15) is 20.8 Å². The van der Waals surface area contributed by atoms with Crippen LogP contribution in [0.2, 0.25) is 0 Å². The first-order valence-corrected chi connectivity index (χ1v) is 7.99. The maximum Gasteiger partial charge on any atom is 0.203 e. The summed E-state index contributed by atoms with van der Waals surface area (Å²) in [5.74, 6) is 0.0699. The number of benzene rings is 2. The number of nitrogens with one attached hydrogen (secondary N) is 1. The van der Waals surface area contributed by atoms with Crippen LogP contribution in [0.5, 0.6) is 0 Å². The van der Waals surface area contributed by atoms with Gasteiger partial charge in [0.2, 0.25) is 5.78 Å². The molecule has 110 valence electrons. The molecule has 0 bridgehead atoms. The topological polar surface area (TPSA) is 29.1 Å². The molecule has 0 atom stereocenters. The third-order valence-corrected chi connectivity index (χ3v) is 4.73. The molecule has 3 aromatic rings. The molecule has 1 aromatic heterocycles. The highest BCUT2D eigenvalue weighted by Crippen LogP contribution is 2.37. The van der Waals surface area contributed by atoms with E-state index in [9.17, 15) is 4.79 Å². The van der Waals surface area contributed by atoms with Gasteiger partial charge in [0.25, 0.3) is 0 Å². The van der Waals surface area contributed by atoms with Crippen molar-refractivity contribution < 1.29 is 4.79 Å². The lowest BCUT2D eigenvalue weighted by Crippen LogP contribution is -1.97. The summed E-state index contributed by atoms with van der Waals surface area (Å²) in [7, 11) is 1.89. The Morgan fingerprint density at radius 1 is 1.00 bits per heavy atom. The van der Waals surface area contributed by atoms with Crippen molar-refractivity contribution in [2.24, 2.45) is 0 Å². The highest BCUT2D eigenvalue weighted by molar-refractivity contribution is 7.18. The van der Waals surface area contributed by atoms with Crippen LogP contribution < -0.4 is 5.32 Å². The van der Waals surface area contributed by atoms with E-state index in [1.165, 1.54) is 16.9 Å². The number of ketones is 1. The third kappa shape index (κ3) is 2.81. The zero-order chi connectivity index (χ0) is 15.5. The Bertz CT molecular complexity index is 788. The summed E-state index contributed by atoms with van der Waals surface area (Å²) in [6, 6.07) is 19.7. The molecule has 0 aliphatic rings. The van der Waals surface area contributed by atoms with Gasteiger partial charge in [0.1, 0.15) is 0 Å². The van der Waals surface area contributed by atoms with Crippen molar-refractivity contribution in [2.45, 2.75) is 6.92 Å². The molecule has 1 heterocycles. The van der Waals surface area contributed by atoms with Gasteiger partial charge in [-0.25, -0.2) is 0 Å². The average Bonchev–Trinajstić information content (AvgIpc) is 3.00. The molecule has 0 amide bonds. The number of carbonyl (C=O) groups excluding carboxylic acids is 1. The van der Waals surface area contributed by atoms with Crippen molar-refractivity contribution in [2.75, 3.05) is 12.4 Å². The Balaban J connectivity index is 2.02. The van der Waals surface area contributed by atoms with Crippen LogP contribution in [0.15, 0.2) is 60.7 Å². The van der Waals surface area contributed by atoms with Crippen molar-refractivity contribution in [1.29, 1.82) is 0 Å². The van der Waals surface area contributed by atoms with E-state index in [2.05, 4.69) is 36.5 Å². The minimum atomic E-state index is 0.0699. The van der Waals surface area contributed by atoms with Gasteiger partial charge in [0, 0.05) is 18.2 Å². The van der Waals surface area contributed by atoms with Crippen molar-refractivity contribution in [3.8, 4) is 11.1 Å². The second-order valence-corrected chi connectivity index (χ2v) is 6.22. The molecule has 0 fully saturated rings. The molecule has 1 N–H and O–H groups in total. The molecule has 3 rings (SSSR count). The normalized spacial score (nSPS) is 10.5. The van der Waals surface area contributed by atoms with E-state index in [1.54, 1.807) is 0 Å². The fraction of sp³-hybridized carbons (Fsp3) is 0.105. The number of rotatable bonds is 4. The van der Waals surface area contributed by atoms with E-state index in [4.69, 9.17) is 0 Å². The quantitative estimate of drug-likeness (QED) is 0.687. The molecule has 3 heteroatoms. The molecule has 0 aliphatic heterocycles. The summed E-state index contributed by atoms with van der Waals surface area (Å²) in [5.41, 5.74) is 4.15. The summed E-state index contributed by atoms with van der Waals surface area (Å²) in [5, 5.41) is 4.22. The predicted molar refractivity (Wildman–Crippen MR) is 93.9 cm³/mol. The van der Waals surface area contributed by atoms with E-state index >= 15 is 0 Å². The van der Waals surface area contributed by atoms with Crippen molar-refractivity contribution in [3.05, 3.63) is 76.7 Å². The van der Waals surface area contributed by atoms with Crippen LogP contribution >= 0.6 is 11.3 Å². The Morgan fingerprint density at radius 3 is 2.32 bits per heavy atom. The zero-order valence-electron chi connectivity index (χ0n) is 12.6. The number of thiophene rings is 1. The van der Waals surface area contributed by atoms with E-state index in [0.717, 1.165) is 26.6 Å². The lowest BCUT2D eigenvalue weighted by atomic mass is 10.0. The van der Waals surface area contributed by atoms with Gasteiger partial charge in [-0.05, 0) is 18.6 Å². The van der Waals surface area contributed by atoms with Crippen LogP contribution in [0.3, 0.4) is 0 Å². The van der Waals surface area contributed by atoms with Crippen molar-refractivity contribution >= 4 is 22.1 Å². The second kappa shape index (κ2) is 6.16. The summed E-state index contributed by atoms with van der Waals surface area (Å²) in [4.78, 5) is 13.4. The van der Waals surface area contributed by atoms with Gasteiger partial charge in [-0.2, -0.15) is 0 Å². The fourth-order valence-corrected chi connectivity index (χ4v) is 3.36. The summed E-state index contributed by atoms with van der Waals surface area (Å²) in [6.45, 7) is 2.07. The van der Waals surface area contributed by atoms with Crippen LogP contribution in [-0.4, -0.2) is 12.8 Å². The third-order valence-electron chi connectivity index (χ3n) is 3.58. The van der Waals surface area contributed by atoms with Crippen LogP contribution in [0, 0.1) is 6.92 Å². The van der Waals surface area contributed by atoms with Crippen LogP contribution in [-0.2, 0) is 0 Å². The molecule has 2 aromatic carbocycles. The average molecular weight is 307 g/mol. The maximum atomic E-state index is 12.6. The smallest absolute Gasteiger partial charge is 0.203 e. The molecule has 2 nitrogen and oxygen atoms in total. The molecular weight excluding hydrogens is 290 g/mol. The molecule has 0 saturated carbocycles. The van der Waals surface area contributed by atoms with Gasteiger partial charge >= 0.3 is 0 Å². The fourth-order valence-electron chi connectivity index (χ4n) is 2.37. The van der Waals surface area contributed by atoms with E-state index in [-0.39, 0.29) is 5.78 Å². The highest BCUT2D eigenvalue weighted by atomic mass is 32.1. The monoisotopic (exact) mass is 307 g/mol. The minimum absolute atomic E-state index is 0.0699. The van der Waals surface area contributed by atoms with Gasteiger partial charge in [-0.15, -0.1) is 11.3 Å². The van der Waals surface area contributed by atoms with E-state index in [0.29, 0.717) is 0 Å². The number of aryl methyl sites for hydroxylation is 1. The first kappa shape index (κ1) is 14.5. The Labute approximate surface area is 134 Å². The van der Waals surface area contributed by atoms with Crippen LogP contribution in [0.4, 0.5) is 5.00 Å². The first-order valence-electron chi connectivity index (χ1n) is 7.17. The Kier molecular flexibility index (Phi) is 4.07. The molecule has 0 radical (unpaired) electrons. The number of hydrogen-bond acceptors (Lipinski definition) is 3. The maximum absolute atomic E-state index is 12.6. The molecular formula is C19H17NOS. The SMILES string of the molecule is CNc1sc(C(=O)c2ccccc2)cc1-c1ccc(C)cc1. The second-order valence-electron chi connectivity index (χ2n) is 5.16. The highest BCUT2D eigenvalue weighted by Gasteiger charge is 2.16. The molecule has 22 heavy (non-hydrogen) atoms. The first-order chi connectivity index (χ1) is 10.7. The molecule has 0 unspecified atom stereocenters. The van der Waals surface area contributed by atoms with E-state index < -0.39 is 0 Å². The zero-order valence-corrected chi connectivity index (χ0v) is 13.4. The van der Waals surface area contributed by atoms with E-state index in [1.807, 2.05) is 43.4 Å². The van der Waals surface area contributed by atoms with Gasteiger partial charge in [0.05, 0.1) is 9.88 Å². The summed E-state index contributed by atoms with van der Waals surface area (Å²) < 4.78 is 0. The lowest BCUT2D eigenvalue weighted by Gasteiger charge is -2.03. The van der Waals surface area contributed by atoms with Crippen LogP contribution in [0.25, 0.3) is 11.1 Å². The lowest BCUT2D eigenvalue weighted by molar-refractivity contribution is 0.104. The number of hydrogen-bond donors (Lipinski definition) is 1. The molecule has 0 aliphatic carbocycles. The van der Waals surface area contributed by atoms with Gasteiger partial charge in [-0.1, -0.05) is 60.2 Å². The van der Waals surface area contributed by atoms with Crippen molar-refractivity contribution in [3.63, 3.8) is 0 Å². The van der Waals surface area contributed by atoms with Gasteiger partial charge < -0.3 is 5.32 Å². The minimum Gasteiger partial charge on any atom is -0.379 e. The molecule has 0 spiro atoms. The largest absolute Gasteiger partial charge is 0.379 e.